The van der Waals surface area contributed by atoms with E-state index < -0.39 is 0 Å². The van der Waals surface area contributed by atoms with Gasteiger partial charge >= 0.3 is 0 Å². The summed E-state index contributed by atoms with van der Waals surface area (Å²) in [6, 6.07) is 1.63. The molecule has 1 heterocycles. The van der Waals surface area contributed by atoms with Gasteiger partial charge < -0.3 is 5.32 Å². The fourth-order valence-corrected chi connectivity index (χ4v) is 2.34. The summed E-state index contributed by atoms with van der Waals surface area (Å²) in [4.78, 5) is 19.5. The van der Waals surface area contributed by atoms with Crippen LogP contribution >= 0.6 is 11.8 Å². The first-order valence-corrected chi connectivity index (χ1v) is 7.25. The Hall–Kier alpha value is -2.31. The molecule has 0 radical (unpaired) electrons. The van der Waals surface area contributed by atoms with Crippen molar-refractivity contribution >= 4 is 23.6 Å². The lowest BCUT2D eigenvalue weighted by Gasteiger charge is -2.08. The molecule has 1 rings (SSSR count). The van der Waals surface area contributed by atoms with Crippen molar-refractivity contribution in [2.24, 2.45) is 10.8 Å². The molecule has 1 amide bonds. The van der Waals surface area contributed by atoms with Gasteiger partial charge in [0, 0.05) is 43.1 Å². The number of guanidine groups is 1. The number of nitriles is 1. The highest BCUT2D eigenvalue weighted by Crippen LogP contribution is 2.15. The standard InChI is InChI=1S/C12H17N7OS/c1-15-12(18-8-13)17-4-5-21-7-9-6-16-3-2-10(9)11(20)19-14/h2-3,6H,4-5,7,14H2,1H3,(H,19,20)(H2,15,17,18). The molecule has 0 spiro atoms. The highest BCUT2D eigenvalue weighted by molar-refractivity contribution is 7.98. The average molecular weight is 307 g/mol. The molecule has 5 N–H and O–H groups in total. The smallest absolute Gasteiger partial charge is 0.265 e. The van der Waals surface area contributed by atoms with Gasteiger partial charge in [-0.3, -0.25) is 25.5 Å². The van der Waals surface area contributed by atoms with E-state index in [-0.39, 0.29) is 5.91 Å². The number of nitrogens with two attached hydrogens (primary N) is 1. The van der Waals surface area contributed by atoms with Crippen molar-refractivity contribution in [2.45, 2.75) is 5.75 Å². The van der Waals surface area contributed by atoms with Crippen LogP contribution in [0.4, 0.5) is 0 Å². The van der Waals surface area contributed by atoms with Gasteiger partial charge in [-0.1, -0.05) is 0 Å². The number of carbonyl (C=O) groups is 1. The number of hydrogen-bond acceptors (Lipinski definition) is 6. The van der Waals surface area contributed by atoms with E-state index in [1.165, 1.54) is 0 Å². The SMILES string of the molecule is CN=C(NC#N)NCCSCc1cnccc1C(=O)NN. The Bertz CT molecular complexity index is 541. The molecule has 0 saturated carbocycles. The van der Waals surface area contributed by atoms with Crippen molar-refractivity contribution in [3.05, 3.63) is 29.6 Å². The molecular formula is C12H17N7OS. The van der Waals surface area contributed by atoms with Gasteiger partial charge in [0.2, 0.25) is 5.96 Å². The summed E-state index contributed by atoms with van der Waals surface area (Å²) < 4.78 is 0. The minimum absolute atomic E-state index is 0.329. The normalized spacial score (nSPS) is 10.6. The van der Waals surface area contributed by atoms with Gasteiger partial charge in [-0.2, -0.15) is 17.0 Å². The van der Waals surface area contributed by atoms with Crippen molar-refractivity contribution in [1.82, 2.24) is 21.0 Å². The van der Waals surface area contributed by atoms with Gasteiger partial charge in [-0.25, -0.2) is 5.84 Å². The summed E-state index contributed by atoms with van der Waals surface area (Å²) in [6.07, 6.45) is 5.00. The van der Waals surface area contributed by atoms with E-state index >= 15 is 0 Å². The number of pyridine rings is 1. The first kappa shape index (κ1) is 16.7. The predicted octanol–water partition coefficient (Wildman–Crippen LogP) is -0.436. The Morgan fingerprint density at radius 3 is 3.10 bits per heavy atom. The molecule has 9 heteroatoms. The average Bonchev–Trinajstić information content (AvgIpc) is 2.53. The second-order valence-corrected chi connectivity index (χ2v) is 4.90. The third-order valence-corrected chi connectivity index (χ3v) is 3.48. The molecule has 21 heavy (non-hydrogen) atoms. The van der Waals surface area contributed by atoms with Crippen molar-refractivity contribution in [1.29, 1.82) is 5.26 Å². The Morgan fingerprint density at radius 2 is 2.43 bits per heavy atom. The Labute approximate surface area is 127 Å². The predicted molar refractivity (Wildman–Crippen MR) is 82.2 cm³/mol. The van der Waals surface area contributed by atoms with Crippen LogP contribution < -0.4 is 21.9 Å². The second-order valence-electron chi connectivity index (χ2n) is 3.79. The fraction of sp³-hybridized carbons (Fsp3) is 0.333. The molecule has 0 aliphatic carbocycles. The Kier molecular flexibility index (Phi) is 7.63. The molecule has 112 valence electrons. The lowest BCUT2D eigenvalue weighted by molar-refractivity contribution is 0.0953. The van der Waals surface area contributed by atoms with Crippen LogP contribution in [0.2, 0.25) is 0 Å². The van der Waals surface area contributed by atoms with Crippen LogP contribution in [0.5, 0.6) is 0 Å². The van der Waals surface area contributed by atoms with E-state index in [2.05, 4.69) is 26.0 Å². The molecular weight excluding hydrogens is 290 g/mol. The molecule has 0 unspecified atom stereocenters. The number of hydrogen-bond donors (Lipinski definition) is 4. The van der Waals surface area contributed by atoms with Gasteiger partial charge in [-0.15, -0.1) is 0 Å². The maximum Gasteiger partial charge on any atom is 0.265 e. The van der Waals surface area contributed by atoms with Crippen LogP contribution in [0.1, 0.15) is 15.9 Å². The first-order chi connectivity index (χ1) is 10.2. The number of aliphatic imine (C=N–C) groups is 1. The van der Waals surface area contributed by atoms with Gasteiger partial charge in [0.25, 0.3) is 5.91 Å². The summed E-state index contributed by atoms with van der Waals surface area (Å²) in [5.74, 6) is 6.67. The number of aromatic nitrogens is 1. The van der Waals surface area contributed by atoms with Gasteiger partial charge in [0.1, 0.15) is 0 Å². The Balaban J connectivity index is 2.40. The van der Waals surface area contributed by atoms with Gasteiger partial charge in [0.05, 0.1) is 0 Å². The first-order valence-electron chi connectivity index (χ1n) is 6.10. The van der Waals surface area contributed by atoms with E-state index in [1.807, 2.05) is 0 Å². The minimum Gasteiger partial charge on any atom is -0.355 e. The van der Waals surface area contributed by atoms with Crippen LogP contribution in [0, 0.1) is 11.5 Å². The lowest BCUT2D eigenvalue weighted by atomic mass is 10.1. The van der Waals surface area contributed by atoms with Crippen LogP contribution in [-0.4, -0.2) is 36.2 Å². The van der Waals surface area contributed by atoms with Crippen molar-refractivity contribution < 1.29 is 4.79 Å². The van der Waals surface area contributed by atoms with E-state index in [9.17, 15) is 4.79 Å². The number of hydrazine groups is 1. The van der Waals surface area contributed by atoms with E-state index in [1.54, 1.807) is 43.5 Å². The molecule has 0 bridgehead atoms. The van der Waals surface area contributed by atoms with Crippen LogP contribution in [-0.2, 0) is 5.75 Å². The highest BCUT2D eigenvalue weighted by atomic mass is 32.2. The summed E-state index contributed by atoms with van der Waals surface area (Å²) in [5.41, 5.74) is 3.46. The number of nitrogens with one attached hydrogen (secondary N) is 3. The number of carbonyl (C=O) groups excluding carboxylic acids is 1. The number of thioether (sulfide) groups is 1. The zero-order valence-electron chi connectivity index (χ0n) is 11.6. The molecule has 0 fully saturated rings. The van der Waals surface area contributed by atoms with Crippen molar-refractivity contribution in [2.75, 3.05) is 19.3 Å². The van der Waals surface area contributed by atoms with Crippen molar-refractivity contribution in [3.63, 3.8) is 0 Å². The summed E-state index contributed by atoms with van der Waals surface area (Å²) in [7, 11) is 1.59. The van der Waals surface area contributed by atoms with Gasteiger partial charge in [0.15, 0.2) is 6.19 Å². The largest absolute Gasteiger partial charge is 0.355 e. The fourth-order valence-electron chi connectivity index (χ4n) is 1.50. The maximum absolute atomic E-state index is 11.6. The number of nitrogens with zero attached hydrogens (tertiary/aromatic N) is 3. The van der Waals surface area contributed by atoms with Crippen molar-refractivity contribution in [3.8, 4) is 6.19 Å². The number of amides is 1. The minimum atomic E-state index is -0.329. The monoisotopic (exact) mass is 307 g/mol. The lowest BCUT2D eigenvalue weighted by Crippen LogP contribution is -2.35. The zero-order chi connectivity index (χ0) is 15.5. The summed E-state index contributed by atoms with van der Waals surface area (Å²) in [5, 5.41) is 13.9. The summed E-state index contributed by atoms with van der Waals surface area (Å²) >= 11 is 1.63. The number of nitrogen functional groups attached to an aromatic ring is 1. The third-order valence-electron chi connectivity index (χ3n) is 2.47. The quantitative estimate of drug-likeness (QED) is 0.0820. The van der Waals surface area contributed by atoms with Crippen LogP contribution in [0.15, 0.2) is 23.5 Å². The third kappa shape index (κ3) is 5.68. The zero-order valence-corrected chi connectivity index (χ0v) is 12.4. The van der Waals surface area contributed by atoms with E-state index in [0.717, 1.165) is 11.3 Å². The van der Waals surface area contributed by atoms with E-state index in [4.69, 9.17) is 11.1 Å². The molecule has 0 aliphatic rings. The van der Waals surface area contributed by atoms with Crippen LogP contribution in [0.25, 0.3) is 0 Å². The molecule has 0 aromatic carbocycles. The maximum atomic E-state index is 11.6. The highest BCUT2D eigenvalue weighted by Gasteiger charge is 2.09. The topological polar surface area (TPSA) is 128 Å². The number of rotatable bonds is 6. The van der Waals surface area contributed by atoms with E-state index in [0.29, 0.717) is 23.8 Å². The molecule has 0 atom stereocenters. The molecule has 8 nitrogen and oxygen atoms in total. The molecule has 1 aromatic heterocycles. The molecule has 0 saturated heterocycles. The molecule has 1 aromatic rings. The van der Waals surface area contributed by atoms with Gasteiger partial charge in [-0.05, 0) is 11.6 Å². The second kappa shape index (κ2) is 9.57. The Morgan fingerprint density at radius 1 is 1.62 bits per heavy atom. The summed E-state index contributed by atoms with van der Waals surface area (Å²) in [6.45, 7) is 0.644. The molecule has 0 aliphatic heterocycles. The van der Waals surface area contributed by atoms with Crippen LogP contribution in [0.3, 0.4) is 0 Å².